The summed E-state index contributed by atoms with van der Waals surface area (Å²) in [7, 11) is 2.01. The van der Waals surface area contributed by atoms with Crippen molar-refractivity contribution in [1.82, 2.24) is 9.88 Å². The Morgan fingerprint density at radius 1 is 1.35 bits per heavy atom. The number of aromatic nitrogens is 1. The van der Waals surface area contributed by atoms with Gasteiger partial charge in [0.05, 0.1) is 11.9 Å². The van der Waals surface area contributed by atoms with Gasteiger partial charge in [-0.3, -0.25) is 4.98 Å². The summed E-state index contributed by atoms with van der Waals surface area (Å²) in [6, 6.07) is 9.15. The number of hydrogen-bond acceptors (Lipinski definition) is 3. The Bertz CT molecular complexity index is 721. The van der Waals surface area contributed by atoms with Crippen LogP contribution in [0, 0.1) is 5.82 Å². The molecule has 0 aliphatic carbocycles. The van der Waals surface area contributed by atoms with Crippen LogP contribution in [0.5, 0.6) is 0 Å². The summed E-state index contributed by atoms with van der Waals surface area (Å²) in [5.41, 5.74) is 2.33. The van der Waals surface area contributed by atoms with Crippen molar-refractivity contribution in [2.75, 3.05) is 23.8 Å². The van der Waals surface area contributed by atoms with Gasteiger partial charge in [-0.2, -0.15) is 0 Å². The first-order chi connectivity index (χ1) is 11.1. The van der Waals surface area contributed by atoms with E-state index in [9.17, 15) is 9.18 Å². The van der Waals surface area contributed by atoms with Gasteiger partial charge in [0, 0.05) is 38.1 Å². The van der Waals surface area contributed by atoms with Crippen LogP contribution in [0.2, 0.25) is 0 Å². The molecule has 1 N–H and O–H groups in total. The summed E-state index contributed by atoms with van der Waals surface area (Å²) in [6.45, 7) is 3.19. The number of nitrogens with zero attached hydrogens (tertiary/aromatic N) is 3. The first-order valence-corrected chi connectivity index (χ1v) is 7.52. The second-order valence-corrected chi connectivity index (χ2v) is 5.77. The number of fused-ring (bicyclic) bond motifs is 1. The van der Waals surface area contributed by atoms with Crippen molar-refractivity contribution in [3.63, 3.8) is 0 Å². The van der Waals surface area contributed by atoms with Crippen LogP contribution in [0.3, 0.4) is 0 Å². The second kappa shape index (κ2) is 6.24. The zero-order valence-electron chi connectivity index (χ0n) is 13.2. The Balaban J connectivity index is 1.84. The quantitative estimate of drug-likeness (QED) is 0.880. The predicted octanol–water partition coefficient (Wildman–Crippen LogP) is 3.09. The molecule has 0 spiro atoms. The lowest BCUT2D eigenvalue weighted by molar-refractivity contribution is 0.192. The van der Waals surface area contributed by atoms with Gasteiger partial charge < -0.3 is 15.1 Å². The molecule has 0 radical (unpaired) electrons. The highest BCUT2D eigenvalue weighted by molar-refractivity contribution is 5.89. The van der Waals surface area contributed by atoms with Gasteiger partial charge in [-0.1, -0.05) is 18.2 Å². The molecule has 2 aromatic rings. The number of pyridine rings is 1. The number of halogens is 1. The highest BCUT2D eigenvalue weighted by Gasteiger charge is 2.27. The van der Waals surface area contributed by atoms with E-state index in [-0.39, 0.29) is 17.8 Å². The number of hydrogen-bond donors (Lipinski definition) is 1. The van der Waals surface area contributed by atoms with Gasteiger partial charge in [-0.05, 0) is 24.6 Å². The Morgan fingerprint density at radius 2 is 2.13 bits per heavy atom. The van der Waals surface area contributed by atoms with Crippen LogP contribution in [0.4, 0.5) is 20.6 Å². The van der Waals surface area contributed by atoms with E-state index in [2.05, 4.69) is 15.2 Å². The number of benzene rings is 1. The molecule has 2 heterocycles. The maximum absolute atomic E-state index is 13.7. The van der Waals surface area contributed by atoms with Crippen LogP contribution in [0.1, 0.15) is 12.5 Å². The van der Waals surface area contributed by atoms with E-state index in [1.165, 1.54) is 12.3 Å². The van der Waals surface area contributed by atoms with Crippen molar-refractivity contribution in [1.29, 1.82) is 0 Å². The van der Waals surface area contributed by atoms with E-state index >= 15 is 0 Å². The summed E-state index contributed by atoms with van der Waals surface area (Å²) in [6.07, 6.45) is 2.54. The molecule has 0 fully saturated rings. The number of para-hydroxylation sites is 1. The Labute approximate surface area is 134 Å². The Hall–Kier alpha value is -2.63. The fraction of sp³-hybridized carbons (Fsp3) is 0.294. The number of anilines is 2. The summed E-state index contributed by atoms with van der Waals surface area (Å²) < 4.78 is 13.7. The number of urea groups is 1. The first kappa shape index (κ1) is 15.3. The van der Waals surface area contributed by atoms with Crippen LogP contribution < -0.4 is 10.2 Å². The van der Waals surface area contributed by atoms with Gasteiger partial charge >= 0.3 is 6.03 Å². The number of amides is 2. The Kier molecular flexibility index (Phi) is 4.14. The number of rotatable bonds is 1. The van der Waals surface area contributed by atoms with Gasteiger partial charge in [0.15, 0.2) is 5.82 Å². The highest BCUT2D eigenvalue weighted by atomic mass is 19.1. The molecule has 1 unspecified atom stereocenters. The largest absolute Gasteiger partial charge is 0.372 e. The summed E-state index contributed by atoms with van der Waals surface area (Å²) in [5, 5.41) is 2.64. The zero-order valence-corrected chi connectivity index (χ0v) is 13.2. The Morgan fingerprint density at radius 3 is 2.91 bits per heavy atom. The van der Waals surface area contributed by atoms with Crippen molar-refractivity contribution < 1.29 is 9.18 Å². The van der Waals surface area contributed by atoms with Gasteiger partial charge in [0.1, 0.15) is 0 Å². The molecule has 0 bridgehead atoms. The SMILES string of the molecule is CC1CN(C)c2ccccc2CN1C(=O)Nc1ccncc1F. The maximum Gasteiger partial charge on any atom is 0.322 e. The third kappa shape index (κ3) is 3.11. The molecule has 120 valence electrons. The van der Waals surface area contributed by atoms with Crippen molar-refractivity contribution in [2.24, 2.45) is 0 Å². The molecular weight excluding hydrogens is 295 g/mol. The molecule has 5 nitrogen and oxygen atoms in total. The fourth-order valence-corrected chi connectivity index (χ4v) is 2.89. The zero-order chi connectivity index (χ0) is 16.4. The third-order valence-electron chi connectivity index (χ3n) is 4.09. The minimum absolute atomic E-state index is 0.00250. The predicted molar refractivity (Wildman–Crippen MR) is 87.9 cm³/mol. The van der Waals surface area contributed by atoms with Crippen molar-refractivity contribution in [3.05, 3.63) is 54.1 Å². The van der Waals surface area contributed by atoms with E-state index in [0.29, 0.717) is 13.1 Å². The lowest BCUT2D eigenvalue weighted by Gasteiger charge is -2.28. The molecule has 1 aromatic heterocycles. The van der Waals surface area contributed by atoms with E-state index < -0.39 is 5.82 Å². The minimum Gasteiger partial charge on any atom is -0.372 e. The summed E-state index contributed by atoms with van der Waals surface area (Å²) in [5.74, 6) is -0.541. The molecule has 2 amide bonds. The molecule has 1 aromatic carbocycles. The molecule has 1 atom stereocenters. The van der Waals surface area contributed by atoms with Crippen molar-refractivity contribution >= 4 is 17.4 Å². The highest BCUT2D eigenvalue weighted by Crippen LogP contribution is 2.26. The molecule has 3 rings (SSSR count). The lowest BCUT2D eigenvalue weighted by atomic mass is 10.1. The standard InChI is InChI=1S/C17H19FN4O/c1-12-10-21(2)16-6-4-3-5-13(16)11-22(12)17(23)20-15-7-8-19-9-14(15)18/h3-9,12H,10-11H2,1-2H3,(H,19,20,23). The van der Waals surface area contributed by atoms with Gasteiger partial charge in [-0.15, -0.1) is 0 Å². The van der Waals surface area contributed by atoms with Crippen molar-refractivity contribution in [2.45, 2.75) is 19.5 Å². The van der Waals surface area contributed by atoms with Crippen LogP contribution in [0.25, 0.3) is 0 Å². The van der Waals surface area contributed by atoms with Gasteiger partial charge in [0.25, 0.3) is 0 Å². The van der Waals surface area contributed by atoms with E-state index in [1.807, 2.05) is 38.2 Å². The number of nitrogens with one attached hydrogen (secondary N) is 1. The normalized spacial score (nSPS) is 17.4. The van der Waals surface area contributed by atoms with Crippen LogP contribution >= 0.6 is 0 Å². The van der Waals surface area contributed by atoms with Gasteiger partial charge in [0.2, 0.25) is 0 Å². The van der Waals surface area contributed by atoms with Crippen LogP contribution in [-0.2, 0) is 6.54 Å². The maximum atomic E-state index is 13.7. The smallest absolute Gasteiger partial charge is 0.322 e. The number of carbonyl (C=O) groups is 1. The molecule has 23 heavy (non-hydrogen) atoms. The summed E-state index contributed by atoms with van der Waals surface area (Å²) in [4.78, 5) is 20.2. The van der Waals surface area contributed by atoms with E-state index in [0.717, 1.165) is 17.4 Å². The van der Waals surface area contributed by atoms with Crippen LogP contribution in [0.15, 0.2) is 42.7 Å². The fourth-order valence-electron chi connectivity index (χ4n) is 2.89. The van der Waals surface area contributed by atoms with E-state index in [4.69, 9.17) is 0 Å². The summed E-state index contributed by atoms with van der Waals surface area (Å²) >= 11 is 0. The first-order valence-electron chi connectivity index (χ1n) is 7.52. The monoisotopic (exact) mass is 314 g/mol. The number of likely N-dealkylation sites (N-methyl/N-ethyl adjacent to an activating group) is 1. The van der Waals surface area contributed by atoms with Gasteiger partial charge in [-0.25, -0.2) is 9.18 Å². The molecule has 0 saturated carbocycles. The molecular formula is C17H19FN4O. The third-order valence-corrected chi connectivity index (χ3v) is 4.09. The molecule has 0 saturated heterocycles. The van der Waals surface area contributed by atoms with E-state index in [1.54, 1.807) is 4.90 Å². The minimum atomic E-state index is -0.541. The second-order valence-electron chi connectivity index (χ2n) is 5.77. The molecule has 6 heteroatoms. The van der Waals surface area contributed by atoms with Crippen LogP contribution in [-0.4, -0.2) is 35.5 Å². The molecule has 1 aliphatic heterocycles. The topological polar surface area (TPSA) is 48.5 Å². The average molecular weight is 314 g/mol. The average Bonchev–Trinajstić information content (AvgIpc) is 2.66. The molecule has 1 aliphatic rings. The lowest BCUT2D eigenvalue weighted by Crippen LogP contribution is -2.44. The number of carbonyl (C=O) groups excluding carboxylic acids is 1. The van der Waals surface area contributed by atoms with Crippen molar-refractivity contribution in [3.8, 4) is 0 Å².